The molecule has 25 heavy (non-hydrogen) atoms. The van der Waals surface area contributed by atoms with Crippen molar-refractivity contribution in [2.24, 2.45) is 0 Å². The molecule has 0 bridgehead atoms. The lowest BCUT2D eigenvalue weighted by atomic mass is 10.1. The zero-order valence-corrected chi connectivity index (χ0v) is 15.7. The van der Waals surface area contributed by atoms with Gasteiger partial charge in [0.05, 0.1) is 4.88 Å². The van der Waals surface area contributed by atoms with Crippen molar-refractivity contribution in [1.82, 2.24) is 9.80 Å². The molecule has 1 fully saturated rings. The fourth-order valence-corrected chi connectivity index (χ4v) is 3.53. The van der Waals surface area contributed by atoms with Crippen molar-refractivity contribution in [3.8, 4) is 0 Å². The van der Waals surface area contributed by atoms with Crippen LogP contribution in [0.5, 0.6) is 0 Å². The van der Waals surface area contributed by atoms with E-state index in [-0.39, 0.29) is 24.2 Å². The highest BCUT2D eigenvalue weighted by atomic mass is 35.5. The van der Waals surface area contributed by atoms with E-state index in [0.717, 1.165) is 16.9 Å². The highest BCUT2D eigenvalue weighted by Gasteiger charge is 2.24. The first-order valence-corrected chi connectivity index (χ1v) is 8.92. The third-order valence-corrected chi connectivity index (χ3v) is 5.19. The molecule has 2 heterocycles. The lowest BCUT2D eigenvalue weighted by molar-refractivity contribution is 0.0721. The summed E-state index contributed by atoms with van der Waals surface area (Å²) in [6.45, 7) is 4.36. The largest absolute Gasteiger partial charge is 0.398 e. The summed E-state index contributed by atoms with van der Waals surface area (Å²) >= 11 is 1.45. The topological polar surface area (TPSA) is 66.6 Å². The van der Waals surface area contributed by atoms with E-state index in [0.29, 0.717) is 37.4 Å². The molecule has 1 aliphatic heterocycles. The lowest BCUT2D eigenvalue weighted by Gasteiger charge is -2.22. The van der Waals surface area contributed by atoms with Crippen molar-refractivity contribution in [1.29, 1.82) is 0 Å². The molecule has 1 aromatic heterocycles. The third-order valence-electron chi connectivity index (χ3n) is 4.33. The molecule has 1 saturated heterocycles. The molecule has 134 valence electrons. The highest BCUT2D eigenvalue weighted by Crippen LogP contribution is 2.17. The van der Waals surface area contributed by atoms with Crippen LogP contribution in [0, 0.1) is 6.92 Å². The summed E-state index contributed by atoms with van der Waals surface area (Å²) in [5.74, 6) is 0.0333. The number of nitrogens with two attached hydrogens (primary N) is 1. The number of halogens is 1. The van der Waals surface area contributed by atoms with Crippen molar-refractivity contribution in [3.63, 3.8) is 0 Å². The molecule has 0 saturated carbocycles. The Morgan fingerprint density at radius 3 is 2.32 bits per heavy atom. The van der Waals surface area contributed by atoms with Crippen LogP contribution in [0.25, 0.3) is 0 Å². The number of nitrogens with zero attached hydrogens (tertiary/aromatic N) is 2. The van der Waals surface area contributed by atoms with Crippen LogP contribution in [-0.2, 0) is 0 Å². The minimum Gasteiger partial charge on any atom is -0.398 e. The first kappa shape index (κ1) is 19.3. The minimum absolute atomic E-state index is 0. The Bertz CT molecular complexity index is 749. The lowest BCUT2D eigenvalue weighted by Crippen LogP contribution is -2.37. The van der Waals surface area contributed by atoms with Gasteiger partial charge in [0.25, 0.3) is 11.8 Å². The zero-order valence-electron chi connectivity index (χ0n) is 14.1. The van der Waals surface area contributed by atoms with Crippen molar-refractivity contribution in [2.75, 3.05) is 31.9 Å². The van der Waals surface area contributed by atoms with Gasteiger partial charge >= 0.3 is 0 Å². The summed E-state index contributed by atoms with van der Waals surface area (Å²) in [6.07, 6.45) is 0.782. The summed E-state index contributed by atoms with van der Waals surface area (Å²) in [4.78, 5) is 29.5. The summed E-state index contributed by atoms with van der Waals surface area (Å²) < 4.78 is 0. The Labute approximate surface area is 157 Å². The molecule has 2 aromatic rings. The average molecular weight is 380 g/mol. The van der Waals surface area contributed by atoms with Gasteiger partial charge in [0.15, 0.2) is 0 Å². The van der Waals surface area contributed by atoms with E-state index in [1.54, 1.807) is 6.07 Å². The molecule has 5 nitrogen and oxygen atoms in total. The van der Waals surface area contributed by atoms with Gasteiger partial charge in [0.1, 0.15) is 0 Å². The molecule has 3 rings (SSSR count). The number of carbonyl (C=O) groups excluding carboxylic acids is 2. The van der Waals surface area contributed by atoms with Crippen LogP contribution in [-0.4, -0.2) is 47.8 Å². The van der Waals surface area contributed by atoms with E-state index >= 15 is 0 Å². The fourth-order valence-electron chi connectivity index (χ4n) is 2.84. The highest BCUT2D eigenvalue weighted by molar-refractivity contribution is 7.12. The van der Waals surface area contributed by atoms with E-state index in [9.17, 15) is 9.59 Å². The fraction of sp³-hybridized carbons (Fsp3) is 0.333. The first-order valence-electron chi connectivity index (χ1n) is 8.04. The van der Waals surface area contributed by atoms with Gasteiger partial charge in [-0.25, -0.2) is 0 Å². The predicted molar refractivity (Wildman–Crippen MR) is 104 cm³/mol. The number of anilines is 1. The SMILES string of the molecule is Cc1ccc(C(=O)N2CCCN(C(=O)c3cccs3)CC2)cc1N.Cl. The average Bonchev–Trinajstić information content (AvgIpc) is 3.00. The molecule has 2 amide bonds. The van der Waals surface area contributed by atoms with Gasteiger partial charge in [0.2, 0.25) is 0 Å². The number of rotatable bonds is 2. The number of amides is 2. The molecule has 0 aliphatic carbocycles. The van der Waals surface area contributed by atoms with E-state index in [4.69, 9.17) is 5.73 Å². The molecule has 0 atom stereocenters. The summed E-state index contributed by atoms with van der Waals surface area (Å²) in [5, 5.41) is 1.91. The predicted octanol–water partition coefficient (Wildman–Crippen LogP) is 3.05. The molecule has 1 aromatic carbocycles. The Morgan fingerprint density at radius 1 is 1.04 bits per heavy atom. The Hall–Kier alpha value is -2.05. The molecular formula is C18H22ClN3O2S. The summed E-state index contributed by atoms with van der Waals surface area (Å²) in [6, 6.07) is 9.14. The van der Waals surface area contributed by atoms with Crippen LogP contribution in [0.4, 0.5) is 5.69 Å². The maximum Gasteiger partial charge on any atom is 0.263 e. The number of hydrogen-bond acceptors (Lipinski definition) is 4. The third kappa shape index (κ3) is 4.32. The molecule has 2 N–H and O–H groups in total. The number of benzene rings is 1. The van der Waals surface area contributed by atoms with Crippen LogP contribution >= 0.6 is 23.7 Å². The second kappa shape index (κ2) is 8.36. The van der Waals surface area contributed by atoms with E-state index < -0.39 is 0 Å². The van der Waals surface area contributed by atoms with Crippen molar-refractivity contribution in [3.05, 3.63) is 51.7 Å². The Kier molecular flexibility index (Phi) is 6.45. The van der Waals surface area contributed by atoms with Crippen molar-refractivity contribution >= 4 is 41.2 Å². The second-order valence-electron chi connectivity index (χ2n) is 5.99. The number of aryl methyl sites for hydroxylation is 1. The van der Waals surface area contributed by atoms with Gasteiger partial charge in [0, 0.05) is 37.4 Å². The van der Waals surface area contributed by atoms with Crippen LogP contribution in [0.15, 0.2) is 35.7 Å². The number of thiophene rings is 1. The number of hydrogen-bond donors (Lipinski definition) is 1. The molecule has 7 heteroatoms. The van der Waals surface area contributed by atoms with Gasteiger partial charge in [-0.3, -0.25) is 9.59 Å². The molecule has 0 radical (unpaired) electrons. The van der Waals surface area contributed by atoms with Gasteiger partial charge in [-0.05, 0) is 42.5 Å². The maximum absolute atomic E-state index is 12.7. The van der Waals surface area contributed by atoms with Gasteiger partial charge in [-0.1, -0.05) is 12.1 Å². The van der Waals surface area contributed by atoms with E-state index in [1.165, 1.54) is 11.3 Å². The molecule has 0 spiro atoms. The van der Waals surface area contributed by atoms with E-state index in [2.05, 4.69) is 0 Å². The molecular weight excluding hydrogens is 358 g/mol. The number of nitrogen functional groups attached to an aromatic ring is 1. The van der Waals surface area contributed by atoms with Gasteiger partial charge < -0.3 is 15.5 Å². The Balaban J connectivity index is 0.00000225. The monoisotopic (exact) mass is 379 g/mol. The quantitative estimate of drug-likeness (QED) is 0.815. The first-order chi connectivity index (χ1) is 11.6. The Morgan fingerprint density at radius 2 is 1.72 bits per heavy atom. The standard InChI is InChI=1S/C18H21N3O2S.ClH/c1-13-5-6-14(12-15(13)19)17(22)20-7-3-8-21(10-9-20)18(23)16-4-2-11-24-16;/h2,4-6,11-12H,3,7-10,19H2,1H3;1H. The summed E-state index contributed by atoms with van der Waals surface area (Å²) in [7, 11) is 0. The van der Waals surface area contributed by atoms with Crippen LogP contribution in [0.3, 0.4) is 0 Å². The minimum atomic E-state index is -0.0212. The summed E-state index contributed by atoms with van der Waals surface area (Å²) in [5.41, 5.74) is 8.12. The van der Waals surface area contributed by atoms with E-state index in [1.807, 2.05) is 46.4 Å². The van der Waals surface area contributed by atoms with Crippen LogP contribution in [0.1, 0.15) is 32.0 Å². The van der Waals surface area contributed by atoms with Crippen molar-refractivity contribution < 1.29 is 9.59 Å². The van der Waals surface area contributed by atoms with Gasteiger partial charge in [-0.15, -0.1) is 23.7 Å². The van der Waals surface area contributed by atoms with Crippen LogP contribution in [0.2, 0.25) is 0 Å². The second-order valence-corrected chi connectivity index (χ2v) is 6.93. The zero-order chi connectivity index (χ0) is 17.1. The van der Waals surface area contributed by atoms with Crippen molar-refractivity contribution in [2.45, 2.75) is 13.3 Å². The van der Waals surface area contributed by atoms with Gasteiger partial charge in [-0.2, -0.15) is 0 Å². The molecule has 1 aliphatic rings. The number of carbonyl (C=O) groups is 2. The smallest absolute Gasteiger partial charge is 0.263 e. The maximum atomic E-state index is 12.7. The molecule has 0 unspecified atom stereocenters. The normalized spacial score (nSPS) is 14.6. The van der Waals surface area contributed by atoms with Crippen LogP contribution < -0.4 is 5.73 Å².